The highest BCUT2D eigenvalue weighted by atomic mass is 35.5. The summed E-state index contributed by atoms with van der Waals surface area (Å²) in [4.78, 5) is 4.52. The van der Waals surface area contributed by atoms with E-state index in [0.717, 1.165) is 23.4 Å². The van der Waals surface area contributed by atoms with E-state index in [1.54, 1.807) is 6.21 Å². The van der Waals surface area contributed by atoms with Gasteiger partial charge in [-0.3, -0.25) is 4.99 Å². The smallest absolute Gasteiger partial charge is 0.128 e. The fraction of sp³-hybridized carbons (Fsp3) is 0.316. The standard InChI is InChI=1S/C19H22ClNO/c1-4-14(3)15-6-9-18(10-7-15)21-13-16-12-17(20)8-11-19(16)22-5-2/h6-14H,4-5H2,1-3H3/t14-/m1/s1. The Morgan fingerprint density at radius 1 is 1.14 bits per heavy atom. The minimum atomic E-state index is 0.579. The summed E-state index contributed by atoms with van der Waals surface area (Å²) in [6.45, 7) is 7.01. The number of aliphatic imine (C=N–C) groups is 1. The molecule has 2 nitrogen and oxygen atoms in total. The third-order valence-corrected chi connectivity index (χ3v) is 3.93. The molecule has 22 heavy (non-hydrogen) atoms. The first-order chi connectivity index (χ1) is 10.6. The van der Waals surface area contributed by atoms with Gasteiger partial charge in [0.2, 0.25) is 0 Å². The molecule has 0 saturated carbocycles. The Morgan fingerprint density at radius 2 is 1.86 bits per heavy atom. The molecular weight excluding hydrogens is 294 g/mol. The molecule has 2 aromatic rings. The van der Waals surface area contributed by atoms with Gasteiger partial charge in [0.25, 0.3) is 0 Å². The number of halogens is 1. The molecule has 0 radical (unpaired) electrons. The molecule has 0 spiro atoms. The highest BCUT2D eigenvalue weighted by Crippen LogP contribution is 2.24. The van der Waals surface area contributed by atoms with Crippen LogP contribution in [0.1, 0.15) is 44.2 Å². The molecule has 0 heterocycles. The molecule has 0 fully saturated rings. The van der Waals surface area contributed by atoms with Crippen molar-refractivity contribution < 1.29 is 4.74 Å². The van der Waals surface area contributed by atoms with Crippen LogP contribution in [0.5, 0.6) is 5.75 Å². The zero-order chi connectivity index (χ0) is 15.9. The van der Waals surface area contributed by atoms with Gasteiger partial charge in [-0.1, -0.05) is 37.6 Å². The minimum Gasteiger partial charge on any atom is -0.493 e. The number of ether oxygens (including phenoxy) is 1. The first kappa shape index (κ1) is 16.6. The molecule has 1 atom stereocenters. The van der Waals surface area contributed by atoms with Gasteiger partial charge in [0.15, 0.2) is 0 Å². The summed E-state index contributed by atoms with van der Waals surface area (Å²) < 4.78 is 5.60. The van der Waals surface area contributed by atoms with Crippen molar-refractivity contribution in [3.05, 3.63) is 58.6 Å². The Bertz CT molecular complexity index is 634. The SMILES string of the molecule is CCOc1ccc(Cl)cc1C=Nc1ccc([C@H](C)CC)cc1. The first-order valence-electron chi connectivity index (χ1n) is 7.70. The lowest BCUT2D eigenvalue weighted by Crippen LogP contribution is -1.95. The van der Waals surface area contributed by atoms with Crippen LogP contribution >= 0.6 is 11.6 Å². The molecule has 0 bridgehead atoms. The summed E-state index contributed by atoms with van der Waals surface area (Å²) in [5.74, 6) is 1.38. The number of nitrogens with zero attached hydrogens (tertiary/aromatic N) is 1. The van der Waals surface area contributed by atoms with Crippen LogP contribution in [0, 0.1) is 0 Å². The largest absolute Gasteiger partial charge is 0.493 e. The predicted molar refractivity (Wildman–Crippen MR) is 95.0 cm³/mol. The van der Waals surface area contributed by atoms with E-state index in [-0.39, 0.29) is 0 Å². The molecule has 0 aliphatic heterocycles. The maximum Gasteiger partial charge on any atom is 0.128 e. The average molecular weight is 316 g/mol. The Hall–Kier alpha value is -1.80. The molecule has 2 rings (SSSR count). The van der Waals surface area contributed by atoms with Gasteiger partial charge >= 0.3 is 0 Å². The van der Waals surface area contributed by atoms with Gasteiger partial charge in [-0.2, -0.15) is 0 Å². The van der Waals surface area contributed by atoms with Crippen LogP contribution in [0.3, 0.4) is 0 Å². The second-order valence-corrected chi connectivity index (χ2v) is 5.71. The van der Waals surface area contributed by atoms with Crippen LogP contribution in [0.25, 0.3) is 0 Å². The molecule has 0 aliphatic carbocycles. The van der Waals surface area contributed by atoms with E-state index in [0.29, 0.717) is 17.5 Å². The molecule has 0 unspecified atom stereocenters. The molecule has 116 valence electrons. The van der Waals surface area contributed by atoms with Crippen LogP contribution in [-0.4, -0.2) is 12.8 Å². The van der Waals surface area contributed by atoms with Gasteiger partial charge in [0.05, 0.1) is 12.3 Å². The van der Waals surface area contributed by atoms with Crippen molar-refractivity contribution in [3.63, 3.8) is 0 Å². The van der Waals surface area contributed by atoms with Crippen LogP contribution < -0.4 is 4.74 Å². The van der Waals surface area contributed by atoms with Crippen LogP contribution in [0.4, 0.5) is 5.69 Å². The first-order valence-corrected chi connectivity index (χ1v) is 8.08. The topological polar surface area (TPSA) is 21.6 Å². The van der Waals surface area contributed by atoms with Crippen LogP contribution in [0.15, 0.2) is 47.5 Å². The molecular formula is C19H22ClNO. The summed E-state index contributed by atoms with van der Waals surface area (Å²) in [5.41, 5.74) is 3.16. The highest BCUT2D eigenvalue weighted by molar-refractivity contribution is 6.30. The maximum absolute atomic E-state index is 6.05. The van der Waals surface area contributed by atoms with Crippen molar-refractivity contribution in [2.75, 3.05) is 6.61 Å². The van der Waals surface area contributed by atoms with Gasteiger partial charge < -0.3 is 4.74 Å². The van der Waals surface area contributed by atoms with Crippen molar-refractivity contribution in [2.24, 2.45) is 4.99 Å². The quantitative estimate of drug-likeness (QED) is 0.599. The summed E-state index contributed by atoms with van der Waals surface area (Å²) in [6.07, 6.45) is 2.94. The van der Waals surface area contributed by atoms with E-state index in [9.17, 15) is 0 Å². The molecule has 0 N–H and O–H groups in total. The Labute approximate surface area is 137 Å². The predicted octanol–water partition coefficient (Wildman–Crippen LogP) is 6.00. The summed E-state index contributed by atoms with van der Waals surface area (Å²) >= 11 is 6.05. The van der Waals surface area contributed by atoms with Gasteiger partial charge in [0, 0.05) is 16.8 Å². The van der Waals surface area contributed by atoms with E-state index < -0.39 is 0 Å². The van der Waals surface area contributed by atoms with Crippen LogP contribution in [0.2, 0.25) is 5.02 Å². The van der Waals surface area contributed by atoms with Gasteiger partial charge in [-0.15, -0.1) is 0 Å². The van der Waals surface area contributed by atoms with Crippen molar-refractivity contribution in [1.29, 1.82) is 0 Å². The monoisotopic (exact) mass is 315 g/mol. The zero-order valence-electron chi connectivity index (χ0n) is 13.3. The second kappa shape index (κ2) is 8.00. The summed E-state index contributed by atoms with van der Waals surface area (Å²) in [5, 5.41) is 0.678. The molecule has 0 amide bonds. The van der Waals surface area contributed by atoms with Crippen molar-refractivity contribution in [1.82, 2.24) is 0 Å². The Balaban J connectivity index is 2.19. The average Bonchev–Trinajstić information content (AvgIpc) is 2.55. The fourth-order valence-electron chi connectivity index (χ4n) is 2.18. The van der Waals surface area contributed by atoms with E-state index in [2.05, 4.69) is 31.0 Å². The van der Waals surface area contributed by atoms with Gasteiger partial charge in [-0.05, 0) is 55.2 Å². The minimum absolute atomic E-state index is 0.579. The van der Waals surface area contributed by atoms with Crippen molar-refractivity contribution in [2.45, 2.75) is 33.1 Å². The Kier molecular flexibility index (Phi) is 6.02. The third kappa shape index (κ3) is 4.35. The molecule has 2 aromatic carbocycles. The molecule has 0 aromatic heterocycles. The number of benzene rings is 2. The number of hydrogen-bond acceptors (Lipinski definition) is 2. The maximum atomic E-state index is 6.05. The van der Waals surface area contributed by atoms with E-state index >= 15 is 0 Å². The zero-order valence-corrected chi connectivity index (χ0v) is 14.1. The molecule has 0 saturated heterocycles. The fourth-order valence-corrected chi connectivity index (χ4v) is 2.36. The van der Waals surface area contributed by atoms with Gasteiger partial charge in [-0.25, -0.2) is 0 Å². The summed E-state index contributed by atoms with van der Waals surface area (Å²) in [7, 11) is 0. The van der Waals surface area contributed by atoms with E-state index in [1.807, 2.05) is 37.3 Å². The van der Waals surface area contributed by atoms with Gasteiger partial charge in [0.1, 0.15) is 5.75 Å². The lowest BCUT2D eigenvalue weighted by Gasteiger charge is -2.09. The number of hydrogen-bond donors (Lipinski definition) is 0. The Morgan fingerprint density at radius 3 is 2.50 bits per heavy atom. The molecule has 3 heteroatoms. The van der Waals surface area contributed by atoms with Crippen molar-refractivity contribution in [3.8, 4) is 5.75 Å². The third-order valence-electron chi connectivity index (χ3n) is 3.70. The lowest BCUT2D eigenvalue weighted by atomic mass is 9.99. The lowest BCUT2D eigenvalue weighted by molar-refractivity contribution is 0.340. The highest BCUT2D eigenvalue weighted by Gasteiger charge is 2.03. The molecule has 0 aliphatic rings. The summed E-state index contributed by atoms with van der Waals surface area (Å²) in [6, 6.07) is 13.9. The normalized spacial score (nSPS) is 12.5. The number of rotatable bonds is 6. The second-order valence-electron chi connectivity index (χ2n) is 5.27. The van der Waals surface area contributed by atoms with E-state index in [1.165, 1.54) is 5.56 Å². The van der Waals surface area contributed by atoms with Crippen LogP contribution in [-0.2, 0) is 0 Å². The van der Waals surface area contributed by atoms with E-state index in [4.69, 9.17) is 16.3 Å². The van der Waals surface area contributed by atoms with Crippen molar-refractivity contribution >= 4 is 23.5 Å².